The minimum atomic E-state index is 0.866. The predicted octanol–water partition coefficient (Wildman–Crippen LogP) is 2.69. The average Bonchev–Trinajstić information content (AvgIpc) is 3.10. The fourth-order valence-corrected chi connectivity index (χ4v) is 2.23. The smallest absolute Gasteiger partial charge is 0.0347 e. The lowest BCUT2D eigenvalue weighted by Gasteiger charge is -2.21. The highest BCUT2D eigenvalue weighted by Crippen LogP contribution is 2.27. The first-order valence-corrected chi connectivity index (χ1v) is 6.38. The van der Waals surface area contributed by atoms with Crippen molar-refractivity contribution in [2.24, 2.45) is 0 Å². The van der Waals surface area contributed by atoms with Crippen LogP contribution in [0.1, 0.15) is 31.7 Å². The second kappa shape index (κ2) is 5.35. The average molecular weight is 218 g/mol. The van der Waals surface area contributed by atoms with Crippen molar-refractivity contribution in [1.82, 2.24) is 4.90 Å². The van der Waals surface area contributed by atoms with Crippen LogP contribution in [0.5, 0.6) is 0 Å². The van der Waals surface area contributed by atoms with Crippen LogP contribution < -0.4 is 5.73 Å². The van der Waals surface area contributed by atoms with Gasteiger partial charge in [-0.15, -0.1) is 0 Å². The quantitative estimate of drug-likeness (QED) is 0.744. The summed E-state index contributed by atoms with van der Waals surface area (Å²) in [6, 6.07) is 9.09. The molecule has 1 fully saturated rings. The Morgan fingerprint density at radius 2 is 2.00 bits per heavy atom. The first-order valence-electron chi connectivity index (χ1n) is 6.38. The molecule has 0 heterocycles. The van der Waals surface area contributed by atoms with E-state index in [2.05, 4.69) is 24.0 Å². The number of benzene rings is 1. The number of hydrogen-bond donors (Lipinski definition) is 1. The summed E-state index contributed by atoms with van der Waals surface area (Å²) in [5, 5.41) is 0. The Hall–Kier alpha value is -1.02. The zero-order chi connectivity index (χ0) is 11.4. The first-order chi connectivity index (χ1) is 7.81. The van der Waals surface area contributed by atoms with E-state index < -0.39 is 0 Å². The molecular weight excluding hydrogens is 196 g/mol. The summed E-state index contributed by atoms with van der Waals surface area (Å²) < 4.78 is 0. The summed E-state index contributed by atoms with van der Waals surface area (Å²) >= 11 is 0. The lowest BCUT2D eigenvalue weighted by molar-refractivity contribution is 0.267. The van der Waals surface area contributed by atoms with Crippen molar-refractivity contribution in [2.45, 2.75) is 38.6 Å². The van der Waals surface area contributed by atoms with Gasteiger partial charge in [-0.3, -0.25) is 0 Å². The minimum absolute atomic E-state index is 0.866. The Morgan fingerprint density at radius 3 is 2.62 bits per heavy atom. The number of nitrogen functional groups attached to an aromatic ring is 1. The number of anilines is 1. The van der Waals surface area contributed by atoms with Gasteiger partial charge in [0.25, 0.3) is 0 Å². The van der Waals surface area contributed by atoms with Crippen LogP contribution in [0.15, 0.2) is 24.3 Å². The second-order valence-corrected chi connectivity index (χ2v) is 4.72. The van der Waals surface area contributed by atoms with Gasteiger partial charge in [0, 0.05) is 18.3 Å². The van der Waals surface area contributed by atoms with E-state index in [1.165, 1.54) is 31.4 Å². The highest BCUT2D eigenvalue weighted by molar-refractivity contribution is 5.46. The molecule has 0 spiro atoms. The van der Waals surface area contributed by atoms with Crippen molar-refractivity contribution in [3.63, 3.8) is 0 Å². The van der Waals surface area contributed by atoms with Crippen LogP contribution in [0.4, 0.5) is 5.69 Å². The standard InChI is InChI=1S/C14H22N2/c1-2-10-16(13-7-8-13)11-9-12-5-3-4-6-14(12)15/h3-6,13H,2,7-11,15H2,1H3. The molecule has 0 amide bonds. The van der Waals surface area contributed by atoms with E-state index >= 15 is 0 Å². The topological polar surface area (TPSA) is 29.3 Å². The normalized spacial score (nSPS) is 15.6. The maximum atomic E-state index is 5.95. The van der Waals surface area contributed by atoms with Crippen LogP contribution >= 0.6 is 0 Å². The van der Waals surface area contributed by atoms with E-state index in [-0.39, 0.29) is 0 Å². The van der Waals surface area contributed by atoms with Gasteiger partial charge in [0.15, 0.2) is 0 Å². The summed E-state index contributed by atoms with van der Waals surface area (Å²) in [4.78, 5) is 2.62. The molecule has 1 aliphatic rings. The molecule has 1 aromatic rings. The van der Waals surface area contributed by atoms with Crippen LogP contribution in [-0.4, -0.2) is 24.0 Å². The van der Waals surface area contributed by atoms with Crippen molar-refractivity contribution < 1.29 is 0 Å². The molecule has 0 aromatic heterocycles. The Balaban J connectivity index is 1.87. The molecule has 2 nitrogen and oxygen atoms in total. The molecule has 0 atom stereocenters. The lowest BCUT2D eigenvalue weighted by atomic mass is 10.1. The molecule has 0 aliphatic heterocycles. The third-order valence-electron chi connectivity index (χ3n) is 3.30. The highest BCUT2D eigenvalue weighted by Gasteiger charge is 2.27. The summed E-state index contributed by atoms with van der Waals surface area (Å²) in [6.45, 7) is 4.65. The number of nitrogens with zero attached hydrogens (tertiary/aromatic N) is 1. The van der Waals surface area contributed by atoms with Crippen molar-refractivity contribution in [1.29, 1.82) is 0 Å². The SMILES string of the molecule is CCCN(CCc1ccccc1N)C1CC1. The fourth-order valence-electron chi connectivity index (χ4n) is 2.23. The Bertz CT molecular complexity index is 331. The fraction of sp³-hybridized carbons (Fsp3) is 0.571. The minimum Gasteiger partial charge on any atom is -0.399 e. The number of nitrogens with two attached hydrogens (primary N) is 1. The summed E-state index contributed by atoms with van der Waals surface area (Å²) in [7, 11) is 0. The van der Waals surface area contributed by atoms with E-state index in [1.54, 1.807) is 0 Å². The monoisotopic (exact) mass is 218 g/mol. The molecule has 1 aromatic carbocycles. The van der Waals surface area contributed by atoms with Gasteiger partial charge >= 0.3 is 0 Å². The molecule has 0 saturated heterocycles. The molecule has 0 bridgehead atoms. The highest BCUT2D eigenvalue weighted by atomic mass is 15.2. The van der Waals surface area contributed by atoms with Crippen molar-refractivity contribution in [3.05, 3.63) is 29.8 Å². The molecule has 16 heavy (non-hydrogen) atoms. The molecule has 2 N–H and O–H groups in total. The van der Waals surface area contributed by atoms with Gasteiger partial charge in [-0.25, -0.2) is 0 Å². The van der Waals surface area contributed by atoms with Crippen molar-refractivity contribution >= 4 is 5.69 Å². The van der Waals surface area contributed by atoms with Gasteiger partial charge in [-0.05, 0) is 43.9 Å². The van der Waals surface area contributed by atoms with E-state index in [1.807, 2.05) is 12.1 Å². The summed E-state index contributed by atoms with van der Waals surface area (Å²) in [6.07, 6.45) is 5.12. The van der Waals surface area contributed by atoms with Crippen LogP contribution in [0.2, 0.25) is 0 Å². The maximum Gasteiger partial charge on any atom is 0.0347 e. The molecule has 2 heteroatoms. The van der Waals surface area contributed by atoms with Crippen LogP contribution in [0, 0.1) is 0 Å². The van der Waals surface area contributed by atoms with Crippen molar-refractivity contribution in [2.75, 3.05) is 18.8 Å². The third-order valence-corrected chi connectivity index (χ3v) is 3.30. The Kier molecular flexibility index (Phi) is 3.83. The van der Waals surface area contributed by atoms with Gasteiger partial charge < -0.3 is 10.6 Å². The van der Waals surface area contributed by atoms with E-state index in [0.29, 0.717) is 0 Å². The number of hydrogen-bond acceptors (Lipinski definition) is 2. The Morgan fingerprint density at radius 1 is 1.25 bits per heavy atom. The number of rotatable bonds is 6. The van der Waals surface area contributed by atoms with Gasteiger partial charge in [0.1, 0.15) is 0 Å². The van der Waals surface area contributed by atoms with E-state index in [9.17, 15) is 0 Å². The lowest BCUT2D eigenvalue weighted by Crippen LogP contribution is -2.29. The zero-order valence-corrected chi connectivity index (χ0v) is 10.2. The largest absolute Gasteiger partial charge is 0.399 e. The first kappa shape index (κ1) is 11.5. The second-order valence-electron chi connectivity index (χ2n) is 4.72. The van der Waals surface area contributed by atoms with Crippen molar-refractivity contribution in [3.8, 4) is 0 Å². The summed E-state index contributed by atoms with van der Waals surface area (Å²) in [5.74, 6) is 0. The van der Waals surface area contributed by atoms with Crippen LogP contribution in [-0.2, 0) is 6.42 Å². The van der Waals surface area contributed by atoms with Crippen LogP contribution in [0.25, 0.3) is 0 Å². The van der Waals surface area contributed by atoms with Gasteiger partial charge in [-0.2, -0.15) is 0 Å². The molecule has 0 unspecified atom stereocenters. The molecular formula is C14H22N2. The molecule has 1 aliphatic carbocycles. The number of para-hydroxylation sites is 1. The van der Waals surface area contributed by atoms with Crippen LogP contribution in [0.3, 0.4) is 0 Å². The molecule has 88 valence electrons. The predicted molar refractivity (Wildman–Crippen MR) is 69.4 cm³/mol. The maximum absolute atomic E-state index is 5.95. The molecule has 2 rings (SSSR count). The molecule has 1 saturated carbocycles. The zero-order valence-electron chi connectivity index (χ0n) is 10.2. The Labute approximate surface area is 98.4 Å². The van der Waals surface area contributed by atoms with E-state index in [4.69, 9.17) is 5.73 Å². The van der Waals surface area contributed by atoms with E-state index in [0.717, 1.165) is 24.7 Å². The molecule has 0 radical (unpaired) electrons. The third kappa shape index (κ3) is 2.99. The van der Waals surface area contributed by atoms with Gasteiger partial charge in [0.2, 0.25) is 0 Å². The van der Waals surface area contributed by atoms with Gasteiger partial charge in [0.05, 0.1) is 0 Å². The summed E-state index contributed by atoms with van der Waals surface area (Å²) in [5.41, 5.74) is 8.19. The van der Waals surface area contributed by atoms with Gasteiger partial charge in [-0.1, -0.05) is 25.1 Å².